The summed E-state index contributed by atoms with van der Waals surface area (Å²) in [5.41, 5.74) is 7.34. The van der Waals surface area contributed by atoms with Crippen molar-refractivity contribution in [1.82, 2.24) is 25.8 Å². The molecule has 0 unspecified atom stereocenters. The fraction of sp³-hybridized carbons (Fsp3) is 0.353. The Morgan fingerprint density at radius 2 is 1.74 bits per heavy atom. The number of para-hydroxylation sites is 1. The molecule has 0 saturated heterocycles. The fourth-order valence-corrected chi connectivity index (χ4v) is 5.16. The van der Waals surface area contributed by atoms with Crippen molar-refractivity contribution in [1.29, 1.82) is 0 Å². The molecule has 0 aliphatic carbocycles. The van der Waals surface area contributed by atoms with E-state index in [1.807, 2.05) is 42.5 Å². The van der Waals surface area contributed by atoms with Crippen LogP contribution in [0.1, 0.15) is 47.3 Å². The first kappa shape index (κ1) is 33.6. The third-order valence-electron chi connectivity index (χ3n) is 7.77. The average molecular weight is 629 g/mol. The average Bonchev–Trinajstić information content (AvgIpc) is 3.06. The highest BCUT2D eigenvalue weighted by molar-refractivity contribution is 6.00. The maximum atomic E-state index is 13.8. The van der Waals surface area contributed by atoms with Crippen LogP contribution in [0.5, 0.6) is 5.75 Å². The van der Waals surface area contributed by atoms with Gasteiger partial charge in [-0.1, -0.05) is 48.5 Å². The summed E-state index contributed by atoms with van der Waals surface area (Å²) >= 11 is 0. The molecule has 2 aromatic carbocycles. The molecule has 242 valence electrons. The van der Waals surface area contributed by atoms with Crippen LogP contribution < -0.4 is 26.4 Å². The minimum absolute atomic E-state index is 0.000165. The molecule has 4 rings (SSSR count). The first-order chi connectivity index (χ1) is 22.2. The third kappa shape index (κ3) is 9.88. The van der Waals surface area contributed by atoms with Gasteiger partial charge in [0.1, 0.15) is 24.4 Å². The van der Waals surface area contributed by atoms with E-state index < -0.39 is 47.7 Å². The first-order valence-corrected chi connectivity index (χ1v) is 15.3. The van der Waals surface area contributed by atoms with Crippen LogP contribution in [0.4, 0.5) is 0 Å². The van der Waals surface area contributed by atoms with Crippen LogP contribution in [0.2, 0.25) is 0 Å². The second-order valence-electron chi connectivity index (χ2n) is 11.2. The Kier molecular flexibility index (Phi) is 12.2. The highest BCUT2D eigenvalue weighted by Crippen LogP contribution is 2.21. The lowest BCUT2D eigenvalue weighted by atomic mass is 10.0. The predicted octanol–water partition coefficient (Wildman–Crippen LogP) is 1.53. The molecular formula is C34H40N6O6. The van der Waals surface area contributed by atoms with E-state index in [-0.39, 0.29) is 50.1 Å². The highest BCUT2D eigenvalue weighted by Gasteiger charge is 2.31. The van der Waals surface area contributed by atoms with Gasteiger partial charge >= 0.3 is 0 Å². The SMILES string of the molecule is CN1C(=O)[C@H](CCC(N)=O)NC(=O)CC[C@@H](C(=O)NCCc2ccccn2)NC(=O)c2ccccc2OC[C@H]1Cc1ccccc1. The van der Waals surface area contributed by atoms with Crippen molar-refractivity contribution in [3.8, 4) is 5.75 Å². The van der Waals surface area contributed by atoms with Gasteiger partial charge in [0.15, 0.2) is 0 Å². The Hall–Kier alpha value is -5.26. The van der Waals surface area contributed by atoms with Crippen molar-refractivity contribution in [3.63, 3.8) is 0 Å². The maximum absolute atomic E-state index is 13.8. The molecule has 1 aromatic heterocycles. The van der Waals surface area contributed by atoms with E-state index in [1.165, 1.54) is 4.90 Å². The number of nitrogens with zero attached hydrogens (tertiary/aromatic N) is 2. The van der Waals surface area contributed by atoms with Crippen molar-refractivity contribution in [2.45, 2.75) is 56.7 Å². The zero-order valence-corrected chi connectivity index (χ0v) is 25.8. The number of hydrogen-bond acceptors (Lipinski definition) is 7. The molecule has 0 saturated carbocycles. The first-order valence-electron chi connectivity index (χ1n) is 15.3. The Morgan fingerprint density at radius 1 is 1.00 bits per heavy atom. The normalized spacial score (nSPS) is 19.4. The van der Waals surface area contributed by atoms with Crippen LogP contribution in [0.15, 0.2) is 79.0 Å². The van der Waals surface area contributed by atoms with E-state index in [9.17, 15) is 24.0 Å². The van der Waals surface area contributed by atoms with E-state index >= 15 is 0 Å². The number of amides is 5. The number of carbonyl (C=O) groups is 5. The number of carbonyl (C=O) groups excluding carboxylic acids is 5. The van der Waals surface area contributed by atoms with E-state index in [4.69, 9.17) is 10.5 Å². The van der Waals surface area contributed by atoms with Gasteiger partial charge in [-0.2, -0.15) is 0 Å². The zero-order chi connectivity index (χ0) is 32.9. The summed E-state index contributed by atoms with van der Waals surface area (Å²) in [4.78, 5) is 71.2. The second-order valence-corrected chi connectivity index (χ2v) is 11.2. The van der Waals surface area contributed by atoms with E-state index in [2.05, 4.69) is 20.9 Å². The molecule has 12 nitrogen and oxygen atoms in total. The number of nitrogens with one attached hydrogen (secondary N) is 3. The molecular weight excluding hydrogens is 588 g/mol. The Morgan fingerprint density at radius 3 is 2.48 bits per heavy atom. The number of nitrogens with two attached hydrogens (primary N) is 1. The number of pyridine rings is 1. The molecule has 12 heteroatoms. The molecule has 0 fully saturated rings. The lowest BCUT2D eigenvalue weighted by molar-refractivity contribution is -0.138. The van der Waals surface area contributed by atoms with Gasteiger partial charge in [0, 0.05) is 44.7 Å². The standard InChI is InChI=1S/C34H40N6O6/c1-40-25(21-23-9-3-2-4-10-23)22-46-29-13-6-5-12-26(29)32(43)39-27(33(44)37-20-18-24-11-7-8-19-36-24)15-17-31(42)38-28(34(40)45)14-16-30(35)41/h2-13,19,25,27-28H,14-18,20-22H2,1H3,(H2,35,41)(H,37,44)(H,38,42)(H,39,43)/t25-,27+,28+/m1/s1. The van der Waals surface area contributed by atoms with Crippen LogP contribution in [-0.2, 0) is 32.0 Å². The van der Waals surface area contributed by atoms with Gasteiger partial charge in [0.05, 0.1) is 11.6 Å². The van der Waals surface area contributed by atoms with Crippen LogP contribution in [0, 0.1) is 0 Å². The molecule has 5 N–H and O–H groups in total. The lowest BCUT2D eigenvalue weighted by Gasteiger charge is -2.32. The molecule has 0 bridgehead atoms. The summed E-state index contributed by atoms with van der Waals surface area (Å²) < 4.78 is 6.18. The van der Waals surface area contributed by atoms with Crippen LogP contribution >= 0.6 is 0 Å². The number of hydrogen-bond donors (Lipinski definition) is 4. The van der Waals surface area contributed by atoms with Crippen LogP contribution in [-0.4, -0.2) is 77.7 Å². The smallest absolute Gasteiger partial charge is 0.255 e. The van der Waals surface area contributed by atoms with E-state index in [1.54, 1.807) is 43.6 Å². The maximum Gasteiger partial charge on any atom is 0.255 e. The molecule has 3 aromatic rings. The summed E-state index contributed by atoms with van der Waals surface area (Å²) in [5, 5.41) is 8.31. The Balaban J connectivity index is 1.61. The highest BCUT2D eigenvalue weighted by atomic mass is 16.5. The number of aromatic nitrogens is 1. The largest absolute Gasteiger partial charge is 0.491 e. The van der Waals surface area contributed by atoms with Gasteiger partial charge in [-0.05, 0) is 49.1 Å². The number of likely N-dealkylation sites (N-methyl/N-ethyl adjacent to an activating group) is 1. The number of rotatable bonds is 9. The summed E-state index contributed by atoms with van der Waals surface area (Å²) in [6, 6.07) is 19.1. The van der Waals surface area contributed by atoms with Gasteiger partial charge < -0.3 is 31.3 Å². The number of primary amides is 1. The number of benzene rings is 2. The lowest BCUT2D eigenvalue weighted by Crippen LogP contribution is -2.52. The predicted molar refractivity (Wildman–Crippen MR) is 170 cm³/mol. The van der Waals surface area contributed by atoms with Gasteiger partial charge in [-0.15, -0.1) is 0 Å². The molecule has 1 aliphatic heterocycles. The third-order valence-corrected chi connectivity index (χ3v) is 7.77. The van der Waals surface area contributed by atoms with Crippen molar-refractivity contribution >= 4 is 29.5 Å². The number of ether oxygens (including phenoxy) is 1. The number of fused-ring (bicyclic) bond motifs is 1. The topological polar surface area (TPSA) is 173 Å². The molecule has 0 spiro atoms. The van der Waals surface area contributed by atoms with Gasteiger partial charge in [-0.3, -0.25) is 29.0 Å². The second kappa shape index (κ2) is 16.7. The van der Waals surface area contributed by atoms with Gasteiger partial charge in [-0.25, -0.2) is 0 Å². The summed E-state index contributed by atoms with van der Waals surface area (Å²) in [6.07, 6.45) is 2.24. The van der Waals surface area contributed by atoms with Crippen LogP contribution in [0.25, 0.3) is 0 Å². The van der Waals surface area contributed by atoms with E-state index in [0.29, 0.717) is 12.8 Å². The zero-order valence-electron chi connectivity index (χ0n) is 25.8. The van der Waals surface area contributed by atoms with Crippen molar-refractivity contribution in [3.05, 3.63) is 95.8 Å². The summed E-state index contributed by atoms with van der Waals surface area (Å²) in [6.45, 7) is 0.294. The molecule has 0 radical (unpaired) electrons. The molecule has 1 aliphatic rings. The monoisotopic (exact) mass is 628 g/mol. The van der Waals surface area contributed by atoms with Gasteiger partial charge in [0.25, 0.3) is 5.91 Å². The summed E-state index contributed by atoms with van der Waals surface area (Å²) in [5.74, 6) is -2.26. The van der Waals surface area contributed by atoms with E-state index in [0.717, 1.165) is 11.3 Å². The van der Waals surface area contributed by atoms with Crippen molar-refractivity contribution in [2.24, 2.45) is 5.73 Å². The molecule has 5 amide bonds. The Labute approximate surface area is 268 Å². The Bertz CT molecular complexity index is 1500. The minimum Gasteiger partial charge on any atom is -0.491 e. The minimum atomic E-state index is -1.06. The van der Waals surface area contributed by atoms with Crippen molar-refractivity contribution in [2.75, 3.05) is 20.2 Å². The summed E-state index contributed by atoms with van der Waals surface area (Å²) in [7, 11) is 1.62. The van der Waals surface area contributed by atoms with Crippen LogP contribution in [0.3, 0.4) is 0 Å². The quantitative estimate of drug-likeness (QED) is 0.278. The molecule has 3 atom stereocenters. The van der Waals surface area contributed by atoms with Gasteiger partial charge in [0.2, 0.25) is 23.6 Å². The molecule has 2 heterocycles. The van der Waals surface area contributed by atoms with Crippen molar-refractivity contribution < 1.29 is 28.7 Å². The molecule has 46 heavy (non-hydrogen) atoms. The fourth-order valence-electron chi connectivity index (χ4n) is 5.16.